The van der Waals surface area contributed by atoms with Crippen LogP contribution < -0.4 is 14.2 Å². The molecule has 0 atom stereocenters. The first-order chi connectivity index (χ1) is 12.5. The van der Waals surface area contributed by atoms with Crippen molar-refractivity contribution in [3.05, 3.63) is 52.5 Å². The van der Waals surface area contributed by atoms with Crippen LogP contribution in [0, 0.1) is 0 Å². The van der Waals surface area contributed by atoms with Crippen LogP contribution in [0.3, 0.4) is 0 Å². The predicted molar refractivity (Wildman–Crippen MR) is 103 cm³/mol. The summed E-state index contributed by atoms with van der Waals surface area (Å²) in [6.45, 7) is 5.32. The summed E-state index contributed by atoms with van der Waals surface area (Å²) in [7, 11) is 3.15. The van der Waals surface area contributed by atoms with Crippen molar-refractivity contribution >= 4 is 17.5 Å². The standard InChI is InChI=1S/C20H24ClNO4/c1-5-22(13-14-7-9-16(24-3)10-8-14)20(23)15-11-17(21)19(26-6-2)18(12-15)25-4/h7-12H,5-6,13H2,1-4H3. The average molecular weight is 378 g/mol. The normalized spacial score (nSPS) is 10.3. The zero-order valence-corrected chi connectivity index (χ0v) is 16.3. The number of carbonyl (C=O) groups excluding carboxylic acids is 1. The Morgan fingerprint density at radius 2 is 1.77 bits per heavy atom. The van der Waals surface area contributed by atoms with Crippen LogP contribution in [0.15, 0.2) is 36.4 Å². The number of benzene rings is 2. The molecule has 0 spiro atoms. The van der Waals surface area contributed by atoms with Crippen LogP contribution >= 0.6 is 11.6 Å². The Morgan fingerprint density at radius 1 is 1.08 bits per heavy atom. The summed E-state index contributed by atoms with van der Waals surface area (Å²) in [4.78, 5) is 14.7. The molecule has 2 aromatic rings. The highest BCUT2D eigenvalue weighted by molar-refractivity contribution is 6.32. The van der Waals surface area contributed by atoms with Crippen molar-refractivity contribution < 1.29 is 19.0 Å². The fraction of sp³-hybridized carbons (Fsp3) is 0.350. The van der Waals surface area contributed by atoms with Crippen LogP contribution in [0.25, 0.3) is 0 Å². The van der Waals surface area contributed by atoms with Crippen LogP contribution in [0.1, 0.15) is 29.8 Å². The molecule has 0 aliphatic carbocycles. The van der Waals surface area contributed by atoms with Gasteiger partial charge in [0.05, 0.1) is 25.8 Å². The summed E-state index contributed by atoms with van der Waals surface area (Å²) < 4.78 is 16.0. The number of methoxy groups -OCH3 is 2. The topological polar surface area (TPSA) is 48.0 Å². The molecule has 140 valence electrons. The maximum atomic E-state index is 12.9. The Kier molecular flexibility index (Phi) is 7.16. The van der Waals surface area contributed by atoms with Gasteiger partial charge in [0, 0.05) is 18.7 Å². The molecule has 0 radical (unpaired) electrons. The summed E-state index contributed by atoms with van der Waals surface area (Å²) in [6, 6.07) is 10.9. The van der Waals surface area contributed by atoms with E-state index in [0.717, 1.165) is 11.3 Å². The molecule has 0 aromatic heterocycles. The van der Waals surface area contributed by atoms with Crippen molar-refractivity contribution in [3.8, 4) is 17.2 Å². The van der Waals surface area contributed by atoms with Gasteiger partial charge in [0.1, 0.15) is 5.75 Å². The quantitative estimate of drug-likeness (QED) is 0.683. The molecule has 0 saturated heterocycles. The molecule has 6 heteroatoms. The second kappa shape index (κ2) is 9.34. The zero-order valence-electron chi connectivity index (χ0n) is 15.5. The number of hydrogen-bond donors (Lipinski definition) is 0. The molecular weight excluding hydrogens is 354 g/mol. The maximum absolute atomic E-state index is 12.9. The summed E-state index contributed by atoms with van der Waals surface area (Å²) >= 11 is 6.29. The predicted octanol–water partition coefficient (Wildman–Crippen LogP) is 4.42. The van der Waals surface area contributed by atoms with Gasteiger partial charge < -0.3 is 19.1 Å². The third kappa shape index (κ3) is 4.61. The minimum Gasteiger partial charge on any atom is -0.497 e. The van der Waals surface area contributed by atoms with E-state index >= 15 is 0 Å². The lowest BCUT2D eigenvalue weighted by atomic mass is 10.1. The zero-order chi connectivity index (χ0) is 19.1. The molecule has 0 aliphatic rings. The van der Waals surface area contributed by atoms with E-state index in [9.17, 15) is 4.79 Å². The fourth-order valence-corrected chi connectivity index (χ4v) is 2.85. The van der Waals surface area contributed by atoms with Gasteiger partial charge in [-0.15, -0.1) is 0 Å². The van der Waals surface area contributed by atoms with Crippen molar-refractivity contribution in [2.24, 2.45) is 0 Å². The van der Waals surface area contributed by atoms with Crippen molar-refractivity contribution in [2.75, 3.05) is 27.4 Å². The van der Waals surface area contributed by atoms with E-state index in [0.29, 0.717) is 41.8 Å². The molecule has 1 amide bonds. The van der Waals surface area contributed by atoms with E-state index in [4.69, 9.17) is 25.8 Å². The van der Waals surface area contributed by atoms with E-state index in [-0.39, 0.29) is 5.91 Å². The smallest absolute Gasteiger partial charge is 0.254 e. The first kappa shape index (κ1) is 19.9. The number of amides is 1. The number of halogens is 1. The van der Waals surface area contributed by atoms with E-state index < -0.39 is 0 Å². The summed E-state index contributed by atoms with van der Waals surface area (Å²) in [5, 5.41) is 0.357. The van der Waals surface area contributed by atoms with Crippen molar-refractivity contribution in [3.63, 3.8) is 0 Å². The van der Waals surface area contributed by atoms with Crippen LogP contribution in [0.2, 0.25) is 5.02 Å². The van der Waals surface area contributed by atoms with E-state index in [1.165, 1.54) is 7.11 Å². The number of nitrogens with zero attached hydrogens (tertiary/aromatic N) is 1. The fourth-order valence-electron chi connectivity index (χ4n) is 2.59. The maximum Gasteiger partial charge on any atom is 0.254 e. The SMILES string of the molecule is CCOc1c(Cl)cc(C(=O)N(CC)Cc2ccc(OC)cc2)cc1OC. The molecule has 5 nitrogen and oxygen atoms in total. The average Bonchev–Trinajstić information content (AvgIpc) is 2.67. The number of rotatable bonds is 8. The lowest BCUT2D eigenvalue weighted by molar-refractivity contribution is 0.0752. The molecule has 0 heterocycles. The first-order valence-corrected chi connectivity index (χ1v) is 8.84. The van der Waals surface area contributed by atoms with Gasteiger partial charge in [0.15, 0.2) is 11.5 Å². The summed E-state index contributed by atoms with van der Waals surface area (Å²) in [5.41, 5.74) is 1.48. The molecule has 0 bridgehead atoms. The van der Waals surface area contributed by atoms with Gasteiger partial charge in [-0.2, -0.15) is 0 Å². The molecule has 2 aromatic carbocycles. The molecule has 0 fully saturated rings. The third-order valence-corrected chi connectivity index (χ3v) is 4.25. The molecule has 0 unspecified atom stereocenters. The minimum atomic E-state index is -0.119. The first-order valence-electron chi connectivity index (χ1n) is 8.46. The van der Waals surface area contributed by atoms with Crippen molar-refractivity contribution in [1.29, 1.82) is 0 Å². The van der Waals surface area contributed by atoms with Gasteiger partial charge in [-0.05, 0) is 43.7 Å². The van der Waals surface area contributed by atoms with Gasteiger partial charge in [0.25, 0.3) is 5.91 Å². The largest absolute Gasteiger partial charge is 0.497 e. The van der Waals surface area contributed by atoms with E-state index in [1.54, 1.807) is 24.1 Å². The number of carbonyl (C=O) groups is 1. The van der Waals surface area contributed by atoms with Crippen molar-refractivity contribution in [2.45, 2.75) is 20.4 Å². The lowest BCUT2D eigenvalue weighted by Gasteiger charge is -2.22. The second-order valence-electron chi connectivity index (χ2n) is 5.59. The highest BCUT2D eigenvalue weighted by Gasteiger charge is 2.19. The minimum absolute atomic E-state index is 0.119. The molecule has 0 N–H and O–H groups in total. The number of ether oxygens (including phenoxy) is 3. The second-order valence-corrected chi connectivity index (χ2v) is 6.00. The number of hydrogen-bond acceptors (Lipinski definition) is 4. The Balaban J connectivity index is 2.25. The Bertz CT molecular complexity index is 746. The third-order valence-electron chi connectivity index (χ3n) is 3.97. The lowest BCUT2D eigenvalue weighted by Crippen LogP contribution is -2.30. The summed E-state index contributed by atoms with van der Waals surface area (Å²) in [5.74, 6) is 1.56. The van der Waals surface area contributed by atoms with Crippen LogP contribution in [-0.2, 0) is 6.54 Å². The molecule has 0 aliphatic heterocycles. The van der Waals surface area contributed by atoms with E-state index in [2.05, 4.69) is 0 Å². The van der Waals surface area contributed by atoms with Gasteiger partial charge in [0.2, 0.25) is 0 Å². The Morgan fingerprint density at radius 3 is 2.31 bits per heavy atom. The van der Waals surface area contributed by atoms with Gasteiger partial charge >= 0.3 is 0 Å². The van der Waals surface area contributed by atoms with Crippen LogP contribution in [0.5, 0.6) is 17.2 Å². The summed E-state index contributed by atoms with van der Waals surface area (Å²) in [6.07, 6.45) is 0. The van der Waals surface area contributed by atoms with Crippen LogP contribution in [0.4, 0.5) is 0 Å². The molecular formula is C20H24ClNO4. The monoisotopic (exact) mass is 377 g/mol. The highest BCUT2D eigenvalue weighted by atomic mass is 35.5. The molecule has 0 saturated carbocycles. The highest BCUT2D eigenvalue weighted by Crippen LogP contribution is 2.36. The molecule has 26 heavy (non-hydrogen) atoms. The van der Waals surface area contributed by atoms with Crippen LogP contribution in [-0.4, -0.2) is 38.2 Å². The van der Waals surface area contributed by atoms with Gasteiger partial charge in [-0.3, -0.25) is 4.79 Å². The Labute approximate surface area is 159 Å². The van der Waals surface area contributed by atoms with Gasteiger partial charge in [-0.25, -0.2) is 0 Å². The van der Waals surface area contributed by atoms with E-state index in [1.807, 2.05) is 38.1 Å². The van der Waals surface area contributed by atoms with Crippen molar-refractivity contribution in [1.82, 2.24) is 4.90 Å². The Hall–Kier alpha value is -2.40. The van der Waals surface area contributed by atoms with Gasteiger partial charge in [-0.1, -0.05) is 23.7 Å². The molecule has 2 rings (SSSR count).